The molecule has 0 fully saturated rings. The van der Waals surface area contributed by atoms with E-state index in [9.17, 15) is 13.6 Å². The molecule has 0 radical (unpaired) electrons. The highest BCUT2D eigenvalue weighted by molar-refractivity contribution is 5.88. The minimum Gasteiger partial charge on any atom is -0.487 e. The number of pyridine rings is 1. The summed E-state index contributed by atoms with van der Waals surface area (Å²) in [5.41, 5.74) is 0.351. The molecule has 2 rings (SSSR count). The van der Waals surface area contributed by atoms with Crippen molar-refractivity contribution in [3.8, 4) is 11.6 Å². The van der Waals surface area contributed by atoms with Gasteiger partial charge in [0.15, 0.2) is 5.75 Å². The van der Waals surface area contributed by atoms with Crippen molar-refractivity contribution in [1.29, 1.82) is 0 Å². The van der Waals surface area contributed by atoms with Crippen molar-refractivity contribution in [2.45, 2.75) is 39.7 Å². The van der Waals surface area contributed by atoms with E-state index in [4.69, 9.17) is 14.2 Å². The Morgan fingerprint density at radius 1 is 1.20 bits per heavy atom. The molecule has 2 aromatic heterocycles. The molecule has 0 aliphatic heterocycles. The molecule has 2 N–H and O–H groups in total. The van der Waals surface area contributed by atoms with Gasteiger partial charge in [-0.3, -0.25) is 4.79 Å². The van der Waals surface area contributed by atoms with Gasteiger partial charge >= 0.3 is 5.92 Å². The molecule has 2 aromatic rings. The number of nitrogens with one attached hydrogen (secondary N) is 2. The number of anilines is 3. The Hall–Kier alpha value is -3.08. The summed E-state index contributed by atoms with van der Waals surface area (Å²) in [7, 11) is 1.53. The first-order valence-corrected chi connectivity index (χ1v) is 9.19. The summed E-state index contributed by atoms with van der Waals surface area (Å²) in [6, 6.07) is 2.89. The van der Waals surface area contributed by atoms with Crippen LogP contribution in [0.1, 0.15) is 33.5 Å². The second-order valence-corrected chi connectivity index (χ2v) is 6.68. The van der Waals surface area contributed by atoms with Crippen LogP contribution in [0.25, 0.3) is 0 Å². The van der Waals surface area contributed by atoms with E-state index in [1.165, 1.54) is 32.4 Å². The van der Waals surface area contributed by atoms with E-state index in [1.807, 2.05) is 0 Å². The third kappa shape index (κ3) is 7.07. The highest BCUT2D eigenvalue weighted by Gasteiger charge is 2.30. The number of alkyl halides is 2. The molecule has 0 atom stereocenters. The molecule has 0 spiro atoms. The van der Waals surface area contributed by atoms with Crippen LogP contribution in [0.5, 0.6) is 11.6 Å². The number of aromatic nitrogens is 3. The number of halogens is 2. The van der Waals surface area contributed by atoms with Crippen LogP contribution in [0.15, 0.2) is 18.3 Å². The standard InChI is InChI=1S/C19H25F2N5O4/c1-11(2)30-17-9-16(25-18(26-17)19(4,20)21)24-13-8-15(23-12(3)27)22-10-14(13)29-7-6-28-5/h8-11H,6-7H2,1-5H3,(H2,22,23,24,25,26,27). The van der Waals surface area contributed by atoms with E-state index >= 15 is 0 Å². The molecule has 0 unspecified atom stereocenters. The highest BCUT2D eigenvalue weighted by Crippen LogP contribution is 2.32. The largest absolute Gasteiger partial charge is 0.487 e. The van der Waals surface area contributed by atoms with E-state index in [0.29, 0.717) is 25.0 Å². The number of hydrogen-bond acceptors (Lipinski definition) is 8. The van der Waals surface area contributed by atoms with E-state index < -0.39 is 11.7 Å². The molecule has 0 bridgehead atoms. The molecule has 0 saturated heterocycles. The zero-order valence-corrected chi connectivity index (χ0v) is 17.5. The van der Waals surface area contributed by atoms with Crippen molar-refractivity contribution in [3.63, 3.8) is 0 Å². The molecule has 1 amide bonds. The fourth-order valence-electron chi connectivity index (χ4n) is 2.26. The number of carbonyl (C=O) groups is 1. The van der Waals surface area contributed by atoms with Crippen molar-refractivity contribution < 1.29 is 27.8 Å². The van der Waals surface area contributed by atoms with Gasteiger partial charge in [0.25, 0.3) is 0 Å². The lowest BCUT2D eigenvalue weighted by Gasteiger charge is -2.17. The molecule has 0 aliphatic carbocycles. The third-order valence-corrected chi connectivity index (χ3v) is 3.43. The van der Waals surface area contributed by atoms with E-state index in [-0.39, 0.29) is 36.1 Å². The monoisotopic (exact) mass is 425 g/mol. The summed E-state index contributed by atoms with van der Waals surface area (Å²) in [5.74, 6) is -3.66. The first-order valence-electron chi connectivity index (χ1n) is 9.19. The lowest BCUT2D eigenvalue weighted by Crippen LogP contribution is -2.16. The van der Waals surface area contributed by atoms with Crippen molar-refractivity contribution in [2.75, 3.05) is 31.0 Å². The van der Waals surface area contributed by atoms with Crippen LogP contribution >= 0.6 is 0 Å². The number of amides is 1. The zero-order chi connectivity index (χ0) is 22.3. The predicted octanol–water partition coefficient (Wildman–Crippen LogP) is 3.50. The lowest BCUT2D eigenvalue weighted by molar-refractivity contribution is -0.114. The SMILES string of the molecule is COCCOc1cnc(NC(C)=O)cc1Nc1cc(OC(C)C)nc(C(C)(F)F)n1. The Labute approximate surface area is 173 Å². The fourth-order valence-corrected chi connectivity index (χ4v) is 2.26. The summed E-state index contributed by atoms with van der Waals surface area (Å²) in [6.07, 6.45) is 1.12. The molecule has 11 heteroatoms. The smallest absolute Gasteiger partial charge is 0.304 e. The molecular weight excluding hydrogens is 400 g/mol. The maximum Gasteiger partial charge on any atom is 0.304 e. The van der Waals surface area contributed by atoms with Crippen LogP contribution < -0.4 is 20.1 Å². The summed E-state index contributed by atoms with van der Waals surface area (Å²) in [5, 5.41) is 5.47. The van der Waals surface area contributed by atoms with Gasteiger partial charge in [0, 0.05) is 33.1 Å². The highest BCUT2D eigenvalue weighted by atomic mass is 19.3. The number of rotatable bonds is 10. The quantitative estimate of drug-likeness (QED) is 0.557. The van der Waals surface area contributed by atoms with E-state index in [2.05, 4.69) is 25.6 Å². The van der Waals surface area contributed by atoms with Crippen LogP contribution in [0, 0.1) is 0 Å². The molecule has 2 heterocycles. The van der Waals surface area contributed by atoms with Gasteiger partial charge in [0.2, 0.25) is 17.6 Å². The normalized spacial score (nSPS) is 11.3. The molecule has 164 valence electrons. The number of ether oxygens (including phenoxy) is 3. The first-order chi connectivity index (χ1) is 14.1. The van der Waals surface area contributed by atoms with Crippen LogP contribution in [0.3, 0.4) is 0 Å². The minimum absolute atomic E-state index is 0.00276. The Morgan fingerprint density at radius 2 is 1.93 bits per heavy atom. The molecule has 9 nitrogen and oxygen atoms in total. The van der Waals surface area contributed by atoms with Crippen molar-refractivity contribution >= 4 is 23.2 Å². The van der Waals surface area contributed by atoms with Crippen molar-refractivity contribution in [1.82, 2.24) is 15.0 Å². The van der Waals surface area contributed by atoms with Gasteiger partial charge in [-0.05, 0) is 13.8 Å². The van der Waals surface area contributed by atoms with Crippen LogP contribution in [0.4, 0.5) is 26.1 Å². The van der Waals surface area contributed by atoms with E-state index in [1.54, 1.807) is 13.8 Å². The van der Waals surface area contributed by atoms with Gasteiger partial charge in [-0.1, -0.05) is 0 Å². The second kappa shape index (κ2) is 10.1. The molecule has 0 aromatic carbocycles. The summed E-state index contributed by atoms with van der Waals surface area (Å²) < 4.78 is 43.8. The van der Waals surface area contributed by atoms with Crippen LogP contribution in [-0.4, -0.2) is 47.3 Å². The number of nitrogens with zero attached hydrogens (tertiary/aromatic N) is 3. The maximum absolute atomic E-state index is 13.9. The average Bonchev–Trinajstić information content (AvgIpc) is 2.61. The van der Waals surface area contributed by atoms with Gasteiger partial charge in [-0.25, -0.2) is 9.97 Å². The summed E-state index contributed by atoms with van der Waals surface area (Å²) in [6.45, 7) is 6.11. The third-order valence-electron chi connectivity index (χ3n) is 3.43. The summed E-state index contributed by atoms with van der Waals surface area (Å²) >= 11 is 0. The first kappa shape index (κ1) is 23.2. The number of carbonyl (C=O) groups excluding carboxylic acids is 1. The minimum atomic E-state index is -3.27. The Balaban J connectivity index is 2.43. The molecular formula is C19H25F2N5O4. The molecule has 0 saturated carbocycles. The van der Waals surface area contributed by atoms with Gasteiger partial charge in [-0.15, -0.1) is 0 Å². The fraction of sp³-hybridized carbons (Fsp3) is 0.474. The molecule has 0 aliphatic rings. The Kier molecular flexibility index (Phi) is 7.81. The van der Waals surface area contributed by atoms with Gasteiger partial charge in [-0.2, -0.15) is 13.8 Å². The van der Waals surface area contributed by atoms with Gasteiger partial charge in [0.05, 0.1) is 24.6 Å². The zero-order valence-electron chi connectivity index (χ0n) is 17.5. The van der Waals surface area contributed by atoms with Crippen molar-refractivity contribution in [3.05, 3.63) is 24.2 Å². The number of methoxy groups -OCH3 is 1. The second-order valence-electron chi connectivity index (χ2n) is 6.68. The summed E-state index contributed by atoms with van der Waals surface area (Å²) in [4.78, 5) is 23.1. The Morgan fingerprint density at radius 3 is 2.53 bits per heavy atom. The Bertz CT molecular complexity index is 874. The maximum atomic E-state index is 13.9. The van der Waals surface area contributed by atoms with Crippen molar-refractivity contribution in [2.24, 2.45) is 0 Å². The topological polar surface area (TPSA) is 107 Å². The predicted molar refractivity (Wildman–Crippen MR) is 107 cm³/mol. The number of hydrogen-bond donors (Lipinski definition) is 2. The van der Waals surface area contributed by atoms with Crippen LogP contribution in [-0.2, 0) is 15.5 Å². The van der Waals surface area contributed by atoms with Gasteiger partial charge < -0.3 is 24.8 Å². The molecule has 30 heavy (non-hydrogen) atoms. The van der Waals surface area contributed by atoms with Crippen LogP contribution in [0.2, 0.25) is 0 Å². The van der Waals surface area contributed by atoms with Gasteiger partial charge in [0.1, 0.15) is 18.2 Å². The average molecular weight is 425 g/mol. The van der Waals surface area contributed by atoms with E-state index in [0.717, 1.165) is 0 Å². The lowest BCUT2D eigenvalue weighted by atomic mass is 10.3.